The van der Waals surface area contributed by atoms with E-state index in [1.54, 1.807) is 0 Å². The zero-order valence-electron chi connectivity index (χ0n) is 8.00. The van der Waals surface area contributed by atoms with Gasteiger partial charge in [0.15, 0.2) is 11.5 Å². The number of nitrogens with zero attached hydrogens (tertiary/aromatic N) is 1. The molecule has 14 heavy (non-hydrogen) atoms. The highest BCUT2D eigenvalue weighted by Crippen LogP contribution is 2.33. The van der Waals surface area contributed by atoms with Gasteiger partial charge in [-0.05, 0) is 12.1 Å². The van der Waals surface area contributed by atoms with Crippen LogP contribution in [0.5, 0.6) is 11.5 Å². The van der Waals surface area contributed by atoms with Crippen molar-refractivity contribution in [2.75, 3.05) is 30.6 Å². The lowest BCUT2D eigenvalue weighted by Crippen LogP contribution is -2.17. The van der Waals surface area contributed by atoms with Crippen LogP contribution in [0.2, 0.25) is 0 Å². The molecule has 0 aliphatic carbocycles. The topological polar surface area (TPSA) is 21.7 Å². The first-order valence-electron chi connectivity index (χ1n) is 4.48. The molecule has 1 aromatic carbocycles. The number of rotatable bonds is 2. The lowest BCUT2D eigenvalue weighted by molar-refractivity contribution is 0.171. The zero-order chi connectivity index (χ0) is 9.97. The summed E-state index contributed by atoms with van der Waals surface area (Å²) in [6.45, 7) is 1.27. The molecule has 0 spiro atoms. The molecule has 0 amide bonds. The van der Waals surface area contributed by atoms with Crippen molar-refractivity contribution in [3.63, 3.8) is 0 Å². The van der Waals surface area contributed by atoms with Crippen molar-refractivity contribution in [3.8, 4) is 11.5 Å². The molecule has 3 nitrogen and oxygen atoms in total. The summed E-state index contributed by atoms with van der Waals surface area (Å²) >= 11 is 3.40. The molecule has 0 N–H and O–H groups in total. The van der Waals surface area contributed by atoms with Crippen LogP contribution in [0.3, 0.4) is 0 Å². The number of hydrogen-bond acceptors (Lipinski definition) is 3. The Labute approximate surface area is 91.7 Å². The molecular formula is C10H12BrNO2. The summed E-state index contributed by atoms with van der Waals surface area (Å²) in [5, 5.41) is 0. The van der Waals surface area contributed by atoms with Crippen LogP contribution in [-0.4, -0.2) is 25.7 Å². The molecule has 0 unspecified atom stereocenters. The second-order valence-electron chi connectivity index (χ2n) is 3.15. The van der Waals surface area contributed by atoms with Crippen molar-refractivity contribution in [3.05, 3.63) is 18.2 Å². The Hall–Kier alpha value is -0.900. The Kier molecular flexibility index (Phi) is 2.82. The van der Waals surface area contributed by atoms with Crippen molar-refractivity contribution < 1.29 is 9.47 Å². The molecule has 0 saturated carbocycles. The van der Waals surface area contributed by atoms with E-state index in [0.29, 0.717) is 13.2 Å². The molecule has 0 saturated heterocycles. The molecule has 0 atom stereocenters. The number of halogens is 1. The minimum Gasteiger partial charge on any atom is -0.486 e. The molecule has 4 heteroatoms. The van der Waals surface area contributed by atoms with E-state index in [2.05, 4.69) is 20.8 Å². The average molecular weight is 258 g/mol. The van der Waals surface area contributed by atoms with Crippen molar-refractivity contribution >= 4 is 21.6 Å². The van der Waals surface area contributed by atoms with Crippen LogP contribution in [0.4, 0.5) is 5.69 Å². The highest BCUT2D eigenvalue weighted by molar-refractivity contribution is 9.09. The Morgan fingerprint density at radius 2 is 2.00 bits per heavy atom. The Morgan fingerprint density at radius 1 is 1.29 bits per heavy atom. The van der Waals surface area contributed by atoms with E-state index in [1.807, 2.05) is 25.2 Å². The fraction of sp³-hybridized carbons (Fsp3) is 0.400. The Bertz CT molecular complexity index is 330. The SMILES string of the molecule is CN(CBr)c1ccc2c(c1)OCCO2. The van der Waals surface area contributed by atoms with E-state index in [0.717, 1.165) is 22.6 Å². The molecule has 2 rings (SSSR count). The van der Waals surface area contributed by atoms with Crippen molar-refractivity contribution in [2.24, 2.45) is 0 Å². The Morgan fingerprint density at radius 3 is 2.71 bits per heavy atom. The lowest BCUT2D eigenvalue weighted by atomic mass is 10.2. The van der Waals surface area contributed by atoms with Crippen molar-refractivity contribution in [1.82, 2.24) is 0 Å². The maximum atomic E-state index is 5.49. The summed E-state index contributed by atoms with van der Waals surface area (Å²) in [6.07, 6.45) is 0. The average Bonchev–Trinajstić information content (AvgIpc) is 2.27. The van der Waals surface area contributed by atoms with E-state index in [1.165, 1.54) is 0 Å². The molecule has 0 aromatic heterocycles. The van der Waals surface area contributed by atoms with Crippen LogP contribution in [0.25, 0.3) is 0 Å². The predicted octanol–water partition coefficient (Wildman–Crippen LogP) is 2.25. The van der Waals surface area contributed by atoms with Gasteiger partial charge in [0.05, 0.1) is 5.45 Å². The molecule has 1 heterocycles. The minimum atomic E-state index is 0.633. The van der Waals surface area contributed by atoms with Gasteiger partial charge in [0.2, 0.25) is 0 Å². The summed E-state index contributed by atoms with van der Waals surface area (Å²) in [7, 11) is 2.01. The van der Waals surface area contributed by atoms with Gasteiger partial charge in [0.1, 0.15) is 13.2 Å². The maximum Gasteiger partial charge on any atom is 0.163 e. The Balaban J connectivity index is 2.29. The van der Waals surface area contributed by atoms with E-state index >= 15 is 0 Å². The van der Waals surface area contributed by atoms with Gasteiger partial charge in [-0.25, -0.2) is 0 Å². The summed E-state index contributed by atoms with van der Waals surface area (Å²) in [5.41, 5.74) is 1.92. The molecule has 0 bridgehead atoms. The molecule has 1 aromatic rings. The standard InChI is InChI=1S/C10H12BrNO2/c1-12(7-11)8-2-3-9-10(6-8)14-5-4-13-9/h2-3,6H,4-5,7H2,1H3. The van der Waals surface area contributed by atoms with Crippen molar-refractivity contribution in [2.45, 2.75) is 0 Å². The van der Waals surface area contributed by atoms with Gasteiger partial charge in [-0.2, -0.15) is 0 Å². The number of hydrogen-bond donors (Lipinski definition) is 0. The molecule has 76 valence electrons. The zero-order valence-corrected chi connectivity index (χ0v) is 9.58. The van der Waals surface area contributed by atoms with E-state index in [-0.39, 0.29) is 0 Å². The van der Waals surface area contributed by atoms with Crippen LogP contribution in [0, 0.1) is 0 Å². The summed E-state index contributed by atoms with van der Waals surface area (Å²) in [5.74, 6) is 1.67. The molecule has 0 fully saturated rings. The van der Waals surface area contributed by atoms with Crippen LogP contribution >= 0.6 is 15.9 Å². The predicted molar refractivity (Wildman–Crippen MR) is 59.6 cm³/mol. The first-order chi connectivity index (χ1) is 6.81. The molecule has 1 aliphatic heterocycles. The third-order valence-corrected chi connectivity index (χ3v) is 2.90. The van der Waals surface area contributed by atoms with Gasteiger partial charge in [-0.3, -0.25) is 0 Å². The maximum absolute atomic E-state index is 5.49. The highest BCUT2D eigenvalue weighted by atomic mass is 79.9. The van der Waals surface area contributed by atoms with E-state index < -0.39 is 0 Å². The molecule has 0 radical (unpaired) electrons. The van der Waals surface area contributed by atoms with Gasteiger partial charge in [-0.15, -0.1) is 0 Å². The quantitative estimate of drug-likeness (QED) is 0.600. The number of anilines is 1. The van der Waals surface area contributed by atoms with E-state index in [4.69, 9.17) is 9.47 Å². The van der Waals surface area contributed by atoms with Gasteiger partial charge < -0.3 is 14.4 Å². The van der Waals surface area contributed by atoms with Crippen LogP contribution < -0.4 is 14.4 Å². The van der Waals surface area contributed by atoms with Gasteiger partial charge in [0.25, 0.3) is 0 Å². The van der Waals surface area contributed by atoms with Crippen LogP contribution in [0.15, 0.2) is 18.2 Å². The fourth-order valence-corrected chi connectivity index (χ4v) is 1.63. The van der Waals surface area contributed by atoms with Crippen LogP contribution in [0.1, 0.15) is 0 Å². The first-order valence-corrected chi connectivity index (χ1v) is 5.60. The highest BCUT2D eigenvalue weighted by Gasteiger charge is 2.12. The van der Waals surface area contributed by atoms with Crippen molar-refractivity contribution in [1.29, 1.82) is 0 Å². The first kappa shape index (κ1) is 9.65. The summed E-state index contributed by atoms with van der Waals surface area (Å²) in [4.78, 5) is 2.08. The monoisotopic (exact) mass is 257 g/mol. The largest absolute Gasteiger partial charge is 0.486 e. The number of fused-ring (bicyclic) bond motifs is 1. The normalized spacial score (nSPS) is 13.9. The number of benzene rings is 1. The van der Waals surface area contributed by atoms with Gasteiger partial charge >= 0.3 is 0 Å². The molecule has 1 aliphatic rings. The second-order valence-corrected chi connectivity index (χ2v) is 3.65. The smallest absolute Gasteiger partial charge is 0.163 e. The second kappa shape index (κ2) is 4.09. The van der Waals surface area contributed by atoms with Gasteiger partial charge in [-0.1, -0.05) is 15.9 Å². The van der Waals surface area contributed by atoms with Crippen LogP contribution in [-0.2, 0) is 0 Å². The number of alkyl halides is 1. The molecular weight excluding hydrogens is 246 g/mol. The number of ether oxygens (including phenoxy) is 2. The third kappa shape index (κ3) is 1.80. The summed E-state index contributed by atoms with van der Waals surface area (Å²) < 4.78 is 10.9. The third-order valence-electron chi connectivity index (χ3n) is 2.15. The minimum absolute atomic E-state index is 0.633. The lowest BCUT2D eigenvalue weighted by Gasteiger charge is -2.21. The fourth-order valence-electron chi connectivity index (χ4n) is 1.34. The van der Waals surface area contributed by atoms with E-state index in [9.17, 15) is 0 Å². The summed E-state index contributed by atoms with van der Waals surface area (Å²) in [6, 6.07) is 5.97. The van der Waals surface area contributed by atoms with Gasteiger partial charge in [0, 0.05) is 18.8 Å².